The minimum atomic E-state index is -3.68. The van der Waals surface area contributed by atoms with Gasteiger partial charge >= 0.3 is 0 Å². The summed E-state index contributed by atoms with van der Waals surface area (Å²) in [6, 6.07) is 13.4. The first kappa shape index (κ1) is 20.9. The quantitative estimate of drug-likeness (QED) is 0.661. The number of aryl methyl sites for hydroxylation is 1. The molecule has 0 aliphatic rings. The van der Waals surface area contributed by atoms with Crippen molar-refractivity contribution in [2.45, 2.75) is 13.5 Å². The molecule has 0 atom stereocenters. The standard InChI is InChI=1S/C19H23FN2O4S/c1-15-6-5-8-17(12-15)26-11-10-21-19(23)14-22(27(2,24)25)13-16-7-3-4-9-18(16)20/h3-9,12H,10-11,13-14H2,1-2H3,(H,21,23). The molecule has 0 aliphatic carbocycles. The summed E-state index contributed by atoms with van der Waals surface area (Å²) in [4.78, 5) is 12.1. The molecule has 2 rings (SSSR count). The number of ether oxygens (including phenoxy) is 1. The lowest BCUT2D eigenvalue weighted by atomic mass is 10.2. The molecule has 146 valence electrons. The number of halogens is 1. The molecule has 1 amide bonds. The van der Waals surface area contributed by atoms with Crippen molar-refractivity contribution in [2.24, 2.45) is 0 Å². The van der Waals surface area contributed by atoms with Crippen LogP contribution in [0.3, 0.4) is 0 Å². The lowest BCUT2D eigenvalue weighted by molar-refractivity contribution is -0.121. The molecule has 6 nitrogen and oxygen atoms in total. The Kier molecular flexibility index (Phi) is 7.32. The van der Waals surface area contributed by atoms with Crippen molar-refractivity contribution in [1.82, 2.24) is 9.62 Å². The Balaban J connectivity index is 1.86. The summed E-state index contributed by atoms with van der Waals surface area (Å²) in [5.74, 6) is -0.302. The molecule has 0 bridgehead atoms. The van der Waals surface area contributed by atoms with Crippen LogP contribution < -0.4 is 10.1 Å². The molecule has 1 N–H and O–H groups in total. The van der Waals surface area contributed by atoms with Gasteiger partial charge in [-0.2, -0.15) is 4.31 Å². The summed E-state index contributed by atoms with van der Waals surface area (Å²) < 4.78 is 44.1. The number of nitrogens with zero attached hydrogens (tertiary/aromatic N) is 1. The number of nitrogens with one attached hydrogen (secondary N) is 1. The van der Waals surface area contributed by atoms with Crippen molar-refractivity contribution in [3.63, 3.8) is 0 Å². The van der Waals surface area contributed by atoms with Crippen LogP contribution in [0.5, 0.6) is 5.75 Å². The van der Waals surface area contributed by atoms with Crippen molar-refractivity contribution in [1.29, 1.82) is 0 Å². The van der Waals surface area contributed by atoms with Gasteiger partial charge in [-0.25, -0.2) is 12.8 Å². The molecule has 2 aromatic rings. The molecule has 0 aromatic heterocycles. The van der Waals surface area contributed by atoms with Crippen LogP contribution in [0.15, 0.2) is 48.5 Å². The van der Waals surface area contributed by atoms with E-state index < -0.39 is 28.3 Å². The Hall–Kier alpha value is -2.45. The number of carbonyl (C=O) groups excluding carboxylic acids is 1. The van der Waals surface area contributed by atoms with Crippen LogP contribution in [0.1, 0.15) is 11.1 Å². The lowest BCUT2D eigenvalue weighted by Gasteiger charge is -2.20. The number of sulfonamides is 1. The molecule has 0 heterocycles. The van der Waals surface area contributed by atoms with Crippen LogP contribution in [-0.4, -0.2) is 44.6 Å². The molecule has 0 aliphatic heterocycles. The van der Waals surface area contributed by atoms with Gasteiger partial charge < -0.3 is 10.1 Å². The Morgan fingerprint density at radius 1 is 1.19 bits per heavy atom. The maximum absolute atomic E-state index is 13.8. The van der Waals surface area contributed by atoms with Crippen LogP contribution in [0.25, 0.3) is 0 Å². The van der Waals surface area contributed by atoms with E-state index in [1.165, 1.54) is 18.2 Å². The molecule has 0 saturated carbocycles. The average molecular weight is 394 g/mol. The first-order chi connectivity index (χ1) is 12.8. The van der Waals surface area contributed by atoms with Gasteiger partial charge in [-0.3, -0.25) is 4.79 Å². The van der Waals surface area contributed by atoms with Crippen molar-refractivity contribution in [3.05, 3.63) is 65.5 Å². The smallest absolute Gasteiger partial charge is 0.235 e. The van der Waals surface area contributed by atoms with Crippen molar-refractivity contribution in [3.8, 4) is 5.75 Å². The second-order valence-electron chi connectivity index (χ2n) is 6.14. The molecule has 0 saturated heterocycles. The van der Waals surface area contributed by atoms with E-state index in [1.54, 1.807) is 6.07 Å². The van der Waals surface area contributed by atoms with Gasteiger partial charge in [-0.05, 0) is 30.7 Å². The van der Waals surface area contributed by atoms with E-state index in [2.05, 4.69) is 5.32 Å². The zero-order chi connectivity index (χ0) is 19.9. The number of hydrogen-bond donors (Lipinski definition) is 1. The molecule has 0 fully saturated rings. The zero-order valence-corrected chi connectivity index (χ0v) is 16.1. The maximum Gasteiger partial charge on any atom is 0.235 e. The van der Waals surface area contributed by atoms with Crippen LogP contribution in [0.4, 0.5) is 4.39 Å². The molecule has 27 heavy (non-hydrogen) atoms. The topological polar surface area (TPSA) is 75.7 Å². The second-order valence-corrected chi connectivity index (χ2v) is 8.12. The molecular formula is C19H23FN2O4S. The van der Waals surface area contributed by atoms with E-state index in [0.717, 1.165) is 16.1 Å². The fraction of sp³-hybridized carbons (Fsp3) is 0.316. The zero-order valence-electron chi connectivity index (χ0n) is 15.3. The predicted octanol–water partition coefficient (Wildman–Crippen LogP) is 2.09. The fourth-order valence-electron chi connectivity index (χ4n) is 2.39. The lowest BCUT2D eigenvalue weighted by Crippen LogP contribution is -2.41. The first-order valence-electron chi connectivity index (χ1n) is 8.40. The van der Waals surface area contributed by atoms with E-state index in [1.807, 2.05) is 31.2 Å². The molecular weight excluding hydrogens is 371 g/mol. The number of carbonyl (C=O) groups is 1. The van der Waals surface area contributed by atoms with E-state index >= 15 is 0 Å². The van der Waals surface area contributed by atoms with Gasteiger partial charge in [-0.15, -0.1) is 0 Å². The molecule has 2 aromatic carbocycles. The monoisotopic (exact) mass is 394 g/mol. The summed E-state index contributed by atoms with van der Waals surface area (Å²) in [6.45, 7) is 1.83. The summed E-state index contributed by atoms with van der Waals surface area (Å²) in [7, 11) is -3.68. The van der Waals surface area contributed by atoms with Crippen LogP contribution in [-0.2, 0) is 21.4 Å². The van der Waals surface area contributed by atoms with Crippen LogP contribution in [0.2, 0.25) is 0 Å². The predicted molar refractivity (Wildman–Crippen MR) is 101 cm³/mol. The number of benzene rings is 2. The third-order valence-electron chi connectivity index (χ3n) is 3.78. The van der Waals surface area contributed by atoms with Gasteiger partial charge in [0, 0.05) is 12.1 Å². The van der Waals surface area contributed by atoms with Crippen molar-refractivity contribution in [2.75, 3.05) is 26.0 Å². The Morgan fingerprint density at radius 3 is 2.59 bits per heavy atom. The largest absolute Gasteiger partial charge is 0.492 e. The Labute approximate surface area is 159 Å². The average Bonchev–Trinajstić information content (AvgIpc) is 2.59. The van der Waals surface area contributed by atoms with Gasteiger partial charge in [-0.1, -0.05) is 30.3 Å². The highest BCUT2D eigenvalue weighted by Crippen LogP contribution is 2.13. The SMILES string of the molecule is Cc1cccc(OCCNC(=O)CN(Cc2ccccc2F)S(C)(=O)=O)c1. The highest BCUT2D eigenvalue weighted by molar-refractivity contribution is 7.88. The van der Waals surface area contributed by atoms with Crippen LogP contribution >= 0.6 is 0 Å². The summed E-state index contributed by atoms with van der Waals surface area (Å²) in [5.41, 5.74) is 1.27. The van der Waals surface area contributed by atoms with Crippen molar-refractivity contribution < 1.29 is 22.3 Å². The van der Waals surface area contributed by atoms with E-state index in [9.17, 15) is 17.6 Å². The van der Waals surface area contributed by atoms with E-state index in [4.69, 9.17) is 4.74 Å². The minimum Gasteiger partial charge on any atom is -0.492 e. The highest BCUT2D eigenvalue weighted by atomic mass is 32.2. The second kappa shape index (κ2) is 9.48. The normalized spacial score (nSPS) is 11.4. The van der Waals surface area contributed by atoms with Gasteiger partial charge in [0.2, 0.25) is 15.9 Å². The van der Waals surface area contributed by atoms with Gasteiger partial charge in [0.25, 0.3) is 0 Å². The van der Waals surface area contributed by atoms with E-state index in [0.29, 0.717) is 5.75 Å². The molecule has 0 unspecified atom stereocenters. The summed E-state index contributed by atoms with van der Waals surface area (Å²) in [6.07, 6.45) is 0.988. The number of hydrogen-bond acceptors (Lipinski definition) is 4. The number of rotatable bonds is 9. The molecule has 0 radical (unpaired) electrons. The van der Waals surface area contributed by atoms with Gasteiger partial charge in [0.1, 0.15) is 18.2 Å². The summed E-state index contributed by atoms with van der Waals surface area (Å²) >= 11 is 0. The van der Waals surface area contributed by atoms with Gasteiger partial charge in [0.15, 0.2) is 0 Å². The summed E-state index contributed by atoms with van der Waals surface area (Å²) in [5, 5.41) is 2.61. The molecule has 0 spiro atoms. The Bertz CT molecular complexity index is 887. The first-order valence-corrected chi connectivity index (χ1v) is 10.3. The van der Waals surface area contributed by atoms with Gasteiger partial charge in [0.05, 0.1) is 19.3 Å². The van der Waals surface area contributed by atoms with Crippen molar-refractivity contribution >= 4 is 15.9 Å². The maximum atomic E-state index is 13.8. The fourth-order valence-corrected chi connectivity index (χ4v) is 3.11. The van der Waals surface area contributed by atoms with Crippen LogP contribution in [0, 0.1) is 12.7 Å². The molecule has 8 heteroatoms. The Morgan fingerprint density at radius 2 is 1.93 bits per heavy atom. The van der Waals surface area contributed by atoms with E-state index in [-0.39, 0.29) is 25.3 Å². The number of amides is 1. The third-order valence-corrected chi connectivity index (χ3v) is 4.97. The third kappa shape index (κ3) is 6.99. The minimum absolute atomic E-state index is 0.207. The highest BCUT2D eigenvalue weighted by Gasteiger charge is 2.21.